The molecule has 35 heavy (non-hydrogen) atoms. The van der Waals surface area contributed by atoms with Crippen LogP contribution in [0.15, 0.2) is 18.2 Å². The molecule has 1 aromatic rings. The Morgan fingerprint density at radius 1 is 0.943 bits per heavy atom. The summed E-state index contributed by atoms with van der Waals surface area (Å²) in [4.78, 5) is 12.4. The molecule has 0 aliphatic heterocycles. The van der Waals surface area contributed by atoms with Crippen molar-refractivity contribution < 1.29 is 36.2 Å². The fourth-order valence-corrected chi connectivity index (χ4v) is 4.33. The average Bonchev–Trinajstić information content (AvgIpc) is 2.75. The van der Waals surface area contributed by atoms with Gasteiger partial charge in [-0.25, -0.2) is 0 Å². The predicted molar refractivity (Wildman–Crippen MR) is 125 cm³/mol. The third kappa shape index (κ3) is 13.1. The maximum Gasteiger partial charge on any atom is 0.417 e. The van der Waals surface area contributed by atoms with Crippen LogP contribution in [-0.4, -0.2) is 34.3 Å². The molecule has 1 aromatic carbocycles. The van der Waals surface area contributed by atoms with E-state index in [0.29, 0.717) is 18.2 Å². The third-order valence-corrected chi connectivity index (χ3v) is 6.55. The first-order chi connectivity index (χ1) is 16.3. The first-order valence-corrected chi connectivity index (χ1v) is 12.7. The van der Waals surface area contributed by atoms with Crippen LogP contribution in [0.5, 0.6) is 0 Å². The summed E-state index contributed by atoms with van der Waals surface area (Å²) in [5.74, 6) is 0.546. The number of hydrogen-bond donors (Lipinski definition) is 2. The van der Waals surface area contributed by atoms with E-state index >= 15 is 0 Å². The van der Waals surface area contributed by atoms with Gasteiger partial charge in [0.15, 0.2) is 0 Å². The lowest BCUT2D eigenvalue weighted by Crippen LogP contribution is -2.40. The van der Waals surface area contributed by atoms with E-state index in [-0.39, 0.29) is 18.5 Å². The quantitative estimate of drug-likeness (QED) is 0.184. The number of nitrogens with one attached hydrogen (secondary N) is 1. The number of carbonyl (C=O) groups excluding carboxylic acids is 1. The van der Waals surface area contributed by atoms with Crippen LogP contribution in [-0.2, 0) is 11.0 Å². The molecule has 0 saturated heterocycles. The molecule has 0 saturated carbocycles. The molecule has 11 heteroatoms. The number of nitrogens with zero attached hydrogens (tertiary/aromatic N) is 1. The minimum absolute atomic E-state index is 0.149. The predicted octanol–water partition coefficient (Wildman–Crippen LogP) is 7.46. The zero-order valence-corrected chi connectivity index (χ0v) is 20.5. The smallest absolute Gasteiger partial charge is 0.380 e. The minimum atomic E-state index is -4.75. The summed E-state index contributed by atoms with van der Waals surface area (Å²) in [6.45, 7) is 1.31. The van der Waals surface area contributed by atoms with Crippen molar-refractivity contribution in [1.29, 1.82) is 5.26 Å². The molecule has 0 heterocycles. The van der Waals surface area contributed by atoms with E-state index in [9.17, 15) is 36.2 Å². The molecule has 0 aromatic heterocycles. The van der Waals surface area contributed by atoms with Crippen LogP contribution in [0.1, 0.15) is 82.3 Å². The van der Waals surface area contributed by atoms with Crippen LogP contribution in [0.25, 0.3) is 0 Å². The van der Waals surface area contributed by atoms with Gasteiger partial charge in [-0.15, -0.1) is 0 Å². The van der Waals surface area contributed by atoms with Crippen molar-refractivity contribution in [3.05, 3.63) is 29.3 Å². The number of anilines is 1. The molecule has 4 nitrogen and oxygen atoms in total. The summed E-state index contributed by atoms with van der Waals surface area (Å²) in [6.07, 6.45) is -3.08. The van der Waals surface area contributed by atoms with Crippen molar-refractivity contribution in [2.24, 2.45) is 0 Å². The highest BCUT2D eigenvalue weighted by Gasteiger charge is 2.35. The van der Waals surface area contributed by atoms with Gasteiger partial charge in [-0.05, 0) is 55.9 Å². The molecule has 0 aliphatic rings. The van der Waals surface area contributed by atoms with Crippen molar-refractivity contribution in [3.8, 4) is 6.07 Å². The Kier molecular flexibility index (Phi) is 13.0. The van der Waals surface area contributed by atoms with Crippen molar-refractivity contribution >= 4 is 23.4 Å². The molecule has 1 atom stereocenters. The average molecular weight is 527 g/mol. The van der Waals surface area contributed by atoms with Crippen LogP contribution < -0.4 is 5.32 Å². The lowest BCUT2D eigenvalue weighted by Gasteiger charge is -2.22. The number of benzene rings is 1. The van der Waals surface area contributed by atoms with Crippen LogP contribution in [0, 0.1) is 11.3 Å². The topological polar surface area (TPSA) is 73.1 Å². The van der Waals surface area contributed by atoms with Gasteiger partial charge in [-0.2, -0.15) is 43.4 Å². The van der Waals surface area contributed by atoms with E-state index in [4.69, 9.17) is 5.26 Å². The van der Waals surface area contributed by atoms with E-state index < -0.39 is 41.4 Å². The summed E-state index contributed by atoms with van der Waals surface area (Å²) in [6, 6.07) is 4.30. The van der Waals surface area contributed by atoms with Crippen molar-refractivity contribution in [1.82, 2.24) is 0 Å². The molecule has 0 fully saturated rings. The number of halogens is 6. The third-order valence-electron chi connectivity index (χ3n) is 5.39. The normalized spacial score (nSPS) is 13.8. The largest absolute Gasteiger partial charge is 0.417 e. The summed E-state index contributed by atoms with van der Waals surface area (Å²) in [5, 5.41) is 21.6. The first kappa shape index (κ1) is 31.1. The second-order valence-electron chi connectivity index (χ2n) is 8.65. The Morgan fingerprint density at radius 2 is 1.51 bits per heavy atom. The SMILES string of the molecule is C[C@](O)(CCCCCCCCCSCCCC(F)(F)F)C(=O)Nc1ccc(C#N)c(C(F)(F)F)c1. The van der Waals surface area contributed by atoms with Crippen molar-refractivity contribution in [2.75, 3.05) is 16.8 Å². The molecule has 0 spiro atoms. The van der Waals surface area contributed by atoms with Gasteiger partial charge >= 0.3 is 12.4 Å². The Labute approximate surface area is 206 Å². The highest BCUT2D eigenvalue weighted by molar-refractivity contribution is 7.99. The minimum Gasteiger partial charge on any atom is -0.380 e. The second kappa shape index (κ2) is 14.6. The second-order valence-corrected chi connectivity index (χ2v) is 9.88. The fraction of sp³-hybridized carbons (Fsp3) is 0.667. The number of unbranched alkanes of at least 4 members (excludes halogenated alkanes) is 6. The van der Waals surface area contributed by atoms with E-state index in [0.717, 1.165) is 50.3 Å². The number of aliphatic hydroxyl groups is 1. The maximum atomic E-state index is 13.1. The maximum absolute atomic E-state index is 13.1. The van der Waals surface area contributed by atoms with Gasteiger partial charge in [-0.1, -0.05) is 38.5 Å². The monoisotopic (exact) mass is 526 g/mol. The Hall–Kier alpha value is -1.93. The van der Waals surface area contributed by atoms with Crippen molar-refractivity contribution in [3.63, 3.8) is 0 Å². The number of thioether (sulfide) groups is 1. The summed E-state index contributed by atoms with van der Waals surface area (Å²) in [7, 11) is 0. The number of rotatable bonds is 15. The van der Waals surface area contributed by atoms with E-state index in [1.807, 2.05) is 0 Å². The first-order valence-electron chi connectivity index (χ1n) is 11.6. The highest BCUT2D eigenvalue weighted by Crippen LogP contribution is 2.34. The van der Waals surface area contributed by atoms with Crippen LogP contribution in [0.2, 0.25) is 0 Å². The van der Waals surface area contributed by atoms with Gasteiger partial charge in [0.25, 0.3) is 5.91 Å². The van der Waals surface area contributed by atoms with Crippen LogP contribution >= 0.6 is 11.8 Å². The zero-order valence-electron chi connectivity index (χ0n) is 19.7. The van der Waals surface area contributed by atoms with Gasteiger partial charge < -0.3 is 10.4 Å². The van der Waals surface area contributed by atoms with Crippen LogP contribution in [0.4, 0.5) is 32.0 Å². The molecular formula is C24H32F6N2O2S. The van der Waals surface area contributed by atoms with Crippen molar-refractivity contribution in [2.45, 2.75) is 89.1 Å². The molecule has 1 rings (SSSR count). The Balaban J connectivity index is 2.23. The van der Waals surface area contributed by atoms with Gasteiger partial charge in [0.05, 0.1) is 17.2 Å². The molecule has 1 amide bonds. The molecule has 0 aliphatic carbocycles. The van der Waals surface area contributed by atoms with Gasteiger partial charge in [-0.3, -0.25) is 4.79 Å². The molecule has 198 valence electrons. The summed E-state index contributed by atoms with van der Waals surface area (Å²) >= 11 is 1.54. The van der Waals surface area contributed by atoms with Gasteiger partial charge in [0.1, 0.15) is 5.60 Å². The molecule has 0 radical (unpaired) electrons. The summed E-state index contributed by atoms with van der Waals surface area (Å²) < 4.78 is 75.3. The van der Waals surface area contributed by atoms with E-state index in [1.165, 1.54) is 30.8 Å². The number of carbonyl (C=O) groups is 1. The van der Waals surface area contributed by atoms with Gasteiger partial charge in [0.2, 0.25) is 0 Å². The zero-order chi connectivity index (χ0) is 26.5. The number of hydrogen-bond acceptors (Lipinski definition) is 4. The number of amides is 1. The lowest BCUT2D eigenvalue weighted by atomic mass is 9.96. The van der Waals surface area contributed by atoms with Crippen LogP contribution in [0.3, 0.4) is 0 Å². The molecule has 2 N–H and O–H groups in total. The molecular weight excluding hydrogens is 494 g/mol. The van der Waals surface area contributed by atoms with E-state index in [2.05, 4.69) is 5.32 Å². The standard InChI is InChI=1S/C24H32F6N2O2S/c1-22(34,21(33)32-19-11-10-18(17-31)20(16-19)24(28,29)30)12-7-5-3-2-4-6-8-14-35-15-9-13-23(25,26)27/h10-11,16,34H,2-9,12-15H2,1H3,(H,32,33)/t22-/m0/s1. The fourth-order valence-electron chi connectivity index (χ4n) is 3.37. The molecule has 0 unspecified atom stereocenters. The van der Waals surface area contributed by atoms with E-state index in [1.54, 1.807) is 0 Å². The summed E-state index contributed by atoms with van der Waals surface area (Å²) in [5.41, 5.74) is -3.62. The lowest BCUT2D eigenvalue weighted by molar-refractivity contribution is -0.138. The number of nitriles is 1. The molecule has 0 bridgehead atoms. The van der Waals surface area contributed by atoms with Gasteiger partial charge in [0, 0.05) is 12.1 Å². The Morgan fingerprint density at radius 3 is 2.09 bits per heavy atom. The Bertz CT molecular complexity index is 835. The highest BCUT2D eigenvalue weighted by atomic mass is 32.2. The number of alkyl halides is 6.